The van der Waals surface area contributed by atoms with Crippen molar-refractivity contribution in [3.8, 4) is 10.6 Å². The van der Waals surface area contributed by atoms with Crippen molar-refractivity contribution in [1.29, 1.82) is 0 Å². The fourth-order valence-electron chi connectivity index (χ4n) is 6.88. The molecule has 10 heteroatoms. The number of carbonyl (C=O) groups is 1. The molecule has 0 N–H and O–H groups in total. The summed E-state index contributed by atoms with van der Waals surface area (Å²) in [5.74, 6) is 0.209. The zero-order valence-corrected chi connectivity index (χ0v) is 30.5. The Bertz CT molecular complexity index is 2200. The number of aromatic nitrogens is 2. The van der Waals surface area contributed by atoms with Crippen molar-refractivity contribution in [2.75, 3.05) is 26.2 Å². The maximum absolute atomic E-state index is 14.6. The Hall–Kier alpha value is -3.89. The molecule has 0 radical (unpaired) electrons. The van der Waals surface area contributed by atoms with Crippen LogP contribution in [0.3, 0.4) is 0 Å². The van der Waals surface area contributed by atoms with Gasteiger partial charge in [0.25, 0.3) is 15.9 Å². The maximum atomic E-state index is 14.6. The third-order valence-electron chi connectivity index (χ3n) is 9.85. The molecule has 5 aromatic rings. The number of hydrogen-bond donors (Lipinski definition) is 0. The lowest BCUT2D eigenvalue weighted by Crippen LogP contribution is -2.50. The minimum Gasteiger partial charge on any atom is -0.336 e. The van der Waals surface area contributed by atoms with Gasteiger partial charge < -0.3 is 4.90 Å². The van der Waals surface area contributed by atoms with Gasteiger partial charge in [-0.15, -0.1) is 11.3 Å². The number of pyridine rings is 1. The fraction of sp³-hybridized carbons (Fsp3) is 0.308. The molecule has 2 aliphatic rings. The topological polar surface area (TPSA) is 83.5 Å². The number of para-hydroxylation sites is 1. The molecule has 0 bridgehead atoms. The van der Waals surface area contributed by atoms with Crippen LogP contribution in [0, 0.1) is 18.3 Å². The molecule has 7 nitrogen and oxygen atoms in total. The molecule has 1 aliphatic heterocycles. The quantitative estimate of drug-likeness (QED) is 0.182. The number of amides is 1. The summed E-state index contributed by atoms with van der Waals surface area (Å²) in [5, 5.41) is 3.86. The third-order valence-corrected chi connectivity index (χ3v) is 12.9. The SMILES string of the molecule is Cc1ccccc1-c1nc(S(=O)(=O)N2CCN(C(=O)c3c4c(nc5ccccc35)/C(=C\c3ccc(Cl)cc3)CC(C(C)(C)C)C4)CC2)cs1. The number of thiazole rings is 1. The van der Waals surface area contributed by atoms with E-state index >= 15 is 0 Å². The number of aryl methyl sites for hydroxylation is 1. The summed E-state index contributed by atoms with van der Waals surface area (Å²) in [6.45, 7) is 9.72. The average Bonchev–Trinajstić information content (AvgIpc) is 3.59. The van der Waals surface area contributed by atoms with Crippen LogP contribution in [0.25, 0.3) is 33.1 Å². The highest BCUT2D eigenvalue weighted by Crippen LogP contribution is 2.45. The van der Waals surface area contributed by atoms with Gasteiger partial charge in [-0.2, -0.15) is 4.31 Å². The molecule has 1 unspecified atom stereocenters. The first kappa shape index (κ1) is 33.6. The van der Waals surface area contributed by atoms with E-state index in [1.54, 1.807) is 10.3 Å². The molecule has 0 spiro atoms. The van der Waals surface area contributed by atoms with Gasteiger partial charge in [0, 0.05) is 47.5 Å². The second kappa shape index (κ2) is 13.1. The minimum atomic E-state index is -3.82. The lowest BCUT2D eigenvalue weighted by Gasteiger charge is -2.38. The predicted molar refractivity (Wildman–Crippen MR) is 199 cm³/mol. The Labute approximate surface area is 297 Å². The Morgan fingerprint density at radius 2 is 1.61 bits per heavy atom. The van der Waals surface area contributed by atoms with Crippen molar-refractivity contribution in [3.63, 3.8) is 0 Å². The lowest BCUT2D eigenvalue weighted by molar-refractivity contribution is 0.0697. The van der Waals surface area contributed by atoms with Gasteiger partial charge in [-0.05, 0) is 77.6 Å². The molecule has 2 aromatic heterocycles. The number of allylic oxidation sites excluding steroid dienone is 1. The highest BCUT2D eigenvalue weighted by molar-refractivity contribution is 7.89. The molecule has 49 heavy (non-hydrogen) atoms. The van der Waals surface area contributed by atoms with Crippen molar-refractivity contribution in [2.45, 2.75) is 45.6 Å². The van der Waals surface area contributed by atoms with Crippen LogP contribution in [0.5, 0.6) is 0 Å². The second-order valence-corrected chi connectivity index (χ2v) is 17.2. The second-order valence-electron chi connectivity index (χ2n) is 14.0. The first-order chi connectivity index (χ1) is 23.4. The van der Waals surface area contributed by atoms with Gasteiger partial charge in [-0.3, -0.25) is 4.79 Å². The highest BCUT2D eigenvalue weighted by Gasteiger charge is 2.38. The van der Waals surface area contributed by atoms with E-state index in [1.807, 2.05) is 79.7 Å². The van der Waals surface area contributed by atoms with Crippen LogP contribution >= 0.6 is 22.9 Å². The maximum Gasteiger partial charge on any atom is 0.261 e. The van der Waals surface area contributed by atoms with E-state index in [1.165, 1.54) is 15.6 Å². The summed E-state index contributed by atoms with van der Waals surface area (Å²) in [5.41, 5.74) is 7.39. The molecule has 252 valence electrons. The fourth-order valence-corrected chi connectivity index (χ4v) is 9.58. The molecule has 3 heterocycles. The first-order valence-electron chi connectivity index (χ1n) is 16.6. The summed E-state index contributed by atoms with van der Waals surface area (Å²) < 4.78 is 28.9. The number of piperazine rings is 1. The predicted octanol–water partition coefficient (Wildman–Crippen LogP) is 8.62. The first-order valence-corrected chi connectivity index (χ1v) is 19.3. The molecule has 1 aliphatic carbocycles. The van der Waals surface area contributed by atoms with Crippen molar-refractivity contribution in [2.24, 2.45) is 11.3 Å². The van der Waals surface area contributed by atoms with Crippen LogP contribution in [0.4, 0.5) is 0 Å². The normalized spacial score (nSPS) is 18.2. The zero-order valence-electron chi connectivity index (χ0n) is 28.1. The number of rotatable bonds is 5. The molecule has 1 saturated heterocycles. The van der Waals surface area contributed by atoms with Crippen LogP contribution < -0.4 is 0 Å². The van der Waals surface area contributed by atoms with Gasteiger partial charge in [0.2, 0.25) is 0 Å². The molecular weight excluding hydrogens is 672 g/mol. The standard InChI is InChI=1S/C39H39ClN4O3S2/c1-25-9-5-6-10-30(25)37-42-34(24-48-37)49(46,47)44-19-17-43(18-20-44)38(45)35-31-11-7-8-12-33(31)41-36-27(21-26-13-15-29(40)16-14-26)22-28(23-32(35)36)39(2,3)4/h5-16,21,24,28H,17-20,22-23H2,1-4H3/b27-21-. The summed E-state index contributed by atoms with van der Waals surface area (Å²) in [4.78, 5) is 26.1. The summed E-state index contributed by atoms with van der Waals surface area (Å²) in [6, 6.07) is 23.5. The van der Waals surface area contributed by atoms with E-state index in [9.17, 15) is 13.2 Å². The number of benzene rings is 3. The van der Waals surface area contributed by atoms with Gasteiger partial charge in [0.05, 0.1) is 16.8 Å². The smallest absolute Gasteiger partial charge is 0.261 e. The van der Waals surface area contributed by atoms with Gasteiger partial charge in [0.15, 0.2) is 5.03 Å². The number of nitrogens with zero attached hydrogens (tertiary/aromatic N) is 4. The van der Waals surface area contributed by atoms with E-state index in [4.69, 9.17) is 16.6 Å². The van der Waals surface area contributed by atoms with Crippen LogP contribution in [0.2, 0.25) is 5.02 Å². The van der Waals surface area contributed by atoms with Crippen LogP contribution in [-0.2, 0) is 16.4 Å². The monoisotopic (exact) mass is 710 g/mol. The summed E-state index contributed by atoms with van der Waals surface area (Å²) in [7, 11) is -3.82. The third kappa shape index (κ3) is 6.57. The van der Waals surface area contributed by atoms with Gasteiger partial charge in [-0.25, -0.2) is 18.4 Å². The number of halogens is 1. The van der Waals surface area contributed by atoms with E-state index in [0.717, 1.165) is 57.3 Å². The van der Waals surface area contributed by atoms with Crippen LogP contribution in [0.15, 0.2) is 83.2 Å². The lowest BCUT2D eigenvalue weighted by atomic mass is 9.68. The van der Waals surface area contributed by atoms with Crippen molar-refractivity contribution in [1.82, 2.24) is 19.2 Å². The molecule has 3 aromatic carbocycles. The van der Waals surface area contributed by atoms with Crippen LogP contribution in [0.1, 0.15) is 59.9 Å². The van der Waals surface area contributed by atoms with E-state index in [-0.39, 0.29) is 48.4 Å². The van der Waals surface area contributed by atoms with Crippen molar-refractivity contribution >= 4 is 61.4 Å². The van der Waals surface area contributed by atoms with E-state index in [0.29, 0.717) is 15.6 Å². The largest absolute Gasteiger partial charge is 0.336 e. The molecule has 1 amide bonds. The van der Waals surface area contributed by atoms with Crippen molar-refractivity contribution in [3.05, 3.63) is 111 Å². The Kier molecular flexibility index (Phi) is 8.98. The molecular formula is C39H39ClN4O3S2. The summed E-state index contributed by atoms with van der Waals surface area (Å²) >= 11 is 7.52. The van der Waals surface area contributed by atoms with E-state index < -0.39 is 10.0 Å². The number of fused-ring (bicyclic) bond motifs is 2. The molecule has 0 saturated carbocycles. The number of carbonyl (C=O) groups excluding carboxylic acids is 1. The minimum absolute atomic E-state index is 0.00249. The highest BCUT2D eigenvalue weighted by atomic mass is 35.5. The molecule has 1 atom stereocenters. The number of hydrogen-bond acceptors (Lipinski definition) is 6. The van der Waals surface area contributed by atoms with E-state index in [2.05, 4.69) is 31.8 Å². The molecule has 7 rings (SSSR count). The average molecular weight is 711 g/mol. The Morgan fingerprint density at radius 1 is 0.918 bits per heavy atom. The van der Waals surface area contributed by atoms with Crippen molar-refractivity contribution < 1.29 is 13.2 Å². The Balaban J connectivity index is 1.21. The Morgan fingerprint density at radius 3 is 2.33 bits per heavy atom. The van der Waals surface area contributed by atoms with Gasteiger partial charge >= 0.3 is 0 Å². The van der Waals surface area contributed by atoms with Gasteiger partial charge in [-0.1, -0.05) is 87.0 Å². The van der Waals surface area contributed by atoms with Crippen LogP contribution in [-0.4, -0.2) is 59.7 Å². The zero-order chi connectivity index (χ0) is 34.5. The summed E-state index contributed by atoms with van der Waals surface area (Å²) in [6.07, 6.45) is 3.75. The van der Waals surface area contributed by atoms with Gasteiger partial charge in [0.1, 0.15) is 5.01 Å². The number of sulfonamides is 1. The molecule has 1 fully saturated rings.